The van der Waals surface area contributed by atoms with Gasteiger partial charge in [0.1, 0.15) is 6.04 Å². The Bertz CT molecular complexity index is 757. The molecule has 1 atom stereocenters. The summed E-state index contributed by atoms with van der Waals surface area (Å²) >= 11 is 0. The van der Waals surface area contributed by atoms with E-state index in [4.69, 9.17) is 0 Å². The molecule has 2 heterocycles. The highest BCUT2D eigenvalue weighted by molar-refractivity contribution is 6.05. The van der Waals surface area contributed by atoms with E-state index in [1.54, 1.807) is 18.2 Å². The van der Waals surface area contributed by atoms with Crippen LogP contribution in [0.4, 0.5) is 0 Å². The molecule has 6 heteroatoms. The van der Waals surface area contributed by atoms with E-state index in [2.05, 4.69) is 17.2 Å². The van der Waals surface area contributed by atoms with Gasteiger partial charge < -0.3 is 4.90 Å². The number of imide groups is 1. The van der Waals surface area contributed by atoms with E-state index in [-0.39, 0.29) is 18.2 Å². The molecule has 0 radical (unpaired) electrons. The minimum absolute atomic E-state index is 0.223. The van der Waals surface area contributed by atoms with Crippen LogP contribution in [0.2, 0.25) is 0 Å². The highest BCUT2D eigenvalue weighted by Crippen LogP contribution is 2.27. The normalized spacial score (nSPS) is 20.1. The number of rotatable bonds is 1. The van der Waals surface area contributed by atoms with Crippen LogP contribution in [0, 0.1) is 11.8 Å². The van der Waals surface area contributed by atoms with Crippen molar-refractivity contribution >= 4 is 24.0 Å². The molecule has 0 aliphatic carbocycles. The lowest BCUT2D eigenvalue weighted by Crippen LogP contribution is -2.52. The van der Waals surface area contributed by atoms with E-state index in [0.717, 1.165) is 5.56 Å². The number of aldehydes is 1. The van der Waals surface area contributed by atoms with Crippen LogP contribution in [0.5, 0.6) is 0 Å². The van der Waals surface area contributed by atoms with Crippen LogP contribution >= 0.6 is 0 Å². The smallest absolute Gasteiger partial charge is 0.255 e. The van der Waals surface area contributed by atoms with Crippen molar-refractivity contribution in [3.05, 3.63) is 34.9 Å². The van der Waals surface area contributed by atoms with Gasteiger partial charge >= 0.3 is 0 Å². The molecule has 110 valence electrons. The van der Waals surface area contributed by atoms with Crippen LogP contribution < -0.4 is 5.32 Å². The second-order valence-electron chi connectivity index (χ2n) is 5.16. The minimum atomic E-state index is -0.623. The fourth-order valence-corrected chi connectivity index (χ4v) is 2.76. The first-order valence-electron chi connectivity index (χ1n) is 6.83. The summed E-state index contributed by atoms with van der Waals surface area (Å²) < 4.78 is 0. The molecule has 1 unspecified atom stereocenters. The van der Waals surface area contributed by atoms with Crippen molar-refractivity contribution < 1.29 is 19.2 Å². The van der Waals surface area contributed by atoms with Crippen LogP contribution in [0.25, 0.3) is 0 Å². The van der Waals surface area contributed by atoms with Gasteiger partial charge in [-0.05, 0) is 36.1 Å². The molecule has 2 aliphatic rings. The highest BCUT2D eigenvalue weighted by Gasteiger charge is 2.38. The number of benzene rings is 1. The molecular formula is C16H12N2O4. The topological polar surface area (TPSA) is 83.6 Å². The van der Waals surface area contributed by atoms with Crippen molar-refractivity contribution in [3.8, 4) is 11.8 Å². The van der Waals surface area contributed by atoms with Crippen LogP contribution in [0.15, 0.2) is 18.2 Å². The summed E-state index contributed by atoms with van der Waals surface area (Å²) in [7, 11) is 0. The summed E-state index contributed by atoms with van der Waals surface area (Å²) in [5.41, 5.74) is 1.94. The zero-order chi connectivity index (χ0) is 15.7. The van der Waals surface area contributed by atoms with Crippen molar-refractivity contribution in [2.75, 3.05) is 0 Å². The quantitative estimate of drug-likeness (QED) is 0.449. The lowest BCUT2D eigenvalue weighted by molar-refractivity contribution is -0.136. The van der Waals surface area contributed by atoms with E-state index in [1.807, 2.05) is 0 Å². The first-order valence-corrected chi connectivity index (χ1v) is 6.83. The van der Waals surface area contributed by atoms with E-state index < -0.39 is 11.9 Å². The molecule has 3 rings (SSSR count). The van der Waals surface area contributed by atoms with Gasteiger partial charge in [0, 0.05) is 24.1 Å². The third kappa shape index (κ3) is 2.37. The third-order valence-corrected chi connectivity index (χ3v) is 3.80. The zero-order valence-corrected chi connectivity index (χ0v) is 11.6. The summed E-state index contributed by atoms with van der Waals surface area (Å²) in [4.78, 5) is 47.3. The molecule has 0 aromatic heterocycles. The monoisotopic (exact) mass is 296 g/mol. The molecule has 2 aliphatic heterocycles. The van der Waals surface area contributed by atoms with Gasteiger partial charge in [0.15, 0.2) is 6.29 Å². The number of piperidine rings is 1. The summed E-state index contributed by atoms with van der Waals surface area (Å²) in [5, 5.41) is 2.26. The Morgan fingerprint density at radius 2 is 2.09 bits per heavy atom. The number of nitrogens with one attached hydrogen (secondary N) is 1. The average molecular weight is 296 g/mol. The van der Waals surface area contributed by atoms with Crippen molar-refractivity contribution in [1.29, 1.82) is 0 Å². The fourth-order valence-electron chi connectivity index (χ4n) is 2.76. The first kappa shape index (κ1) is 14.0. The Kier molecular flexibility index (Phi) is 3.47. The molecular weight excluding hydrogens is 284 g/mol. The molecule has 1 aromatic carbocycles. The zero-order valence-electron chi connectivity index (χ0n) is 11.6. The van der Waals surface area contributed by atoms with Gasteiger partial charge in [0.05, 0.1) is 0 Å². The number of carbonyl (C=O) groups excluding carboxylic acids is 4. The maximum atomic E-state index is 12.4. The number of nitrogens with zero attached hydrogens (tertiary/aromatic N) is 1. The molecule has 0 spiro atoms. The summed E-state index contributed by atoms with van der Waals surface area (Å²) in [6.07, 6.45) is 1.07. The van der Waals surface area contributed by atoms with Gasteiger partial charge in [0.2, 0.25) is 11.8 Å². The lowest BCUT2D eigenvalue weighted by Gasteiger charge is -2.29. The minimum Gasteiger partial charge on any atom is -0.322 e. The molecule has 6 nitrogen and oxygen atoms in total. The Labute approximate surface area is 126 Å². The van der Waals surface area contributed by atoms with Crippen molar-refractivity contribution in [3.63, 3.8) is 0 Å². The Hall–Kier alpha value is -2.94. The largest absolute Gasteiger partial charge is 0.322 e. The van der Waals surface area contributed by atoms with Crippen molar-refractivity contribution in [2.45, 2.75) is 25.4 Å². The van der Waals surface area contributed by atoms with E-state index >= 15 is 0 Å². The predicted octanol–water partition coefficient (Wildman–Crippen LogP) is -0.00200. The van der Waals surface area contributed by atoms with Crippen LogP contribution in [0.1, 0.15) is 34.3 Å². The van der Waals surface area contributed by atoms with E-state index in [0.29, 0.717) is 30.4 Å². The van der Waals surface area contributed by atoms with Crippen molar-refractivity contribution in [1.82, 2.24) is 10.2 Å². The Morgan fingerprint density at radius 1 is 1.27 bits per heavy atom. The SMILES string of the molecule is O=CC#Cc1ccc2c(c1)CN(C1CCC(=O)NC1=O)C2=O. The van der Waals surface area contributed by atoms with Crippen LogP contribution in [0.3, 0.4) is 0 Å². The number of hydrogen-bond donors (Lipinski definition) is 1. The van der Waals surface area contributed by atoms with E-state index in [9.17, 15) is 19.2 Å². The second kappa shape index (κ2) is 5.45. The molecule has 0 saturated carbocycles. The van der Waals surface area contributed by atoms with Gasteiger partial charge in [-0.3, -0.25) is 24.5 Å². The lowest BCUT2D eigenvalue weighted by atomic mass is 10.0. The fraction of sp³-hybridized carbons (Fsp3) is 0.250. The average Bonchev–Trinajstić information content (AvgIpc) is 2.82. The molecule has 22 heavy (non-hydrogen) atoms. The summed E-state index contributed by atoms with van der Waals surface area (Å²) in [6.45, 7) is 0.303. The van der Waals surface area contributed by atoms with E-state index in [1.165, 1.54) is 4.90 Å². The van der Waals surface area contributed by atoms with Crippen LogP contribution in [-0.2, 0) is 20.9 Å². The summed E-state index contributed by atoms with van der Waals surface area (Å²) in [6, 6.07) is 4.44. The number of hydrogen-bond acceptors (Lipinski definition) is 4. The first-order chi connectivity index (χ1) is 10.6. The maximum absolute atomic E-state index is 12.4. The van der Waals surface area contributed by atoms with Gasteiger partial charge in [-0.25, -0.2) is 0 Å². The van der Waals surface area contributed by atoms with Gasteiger partial charge in [-0.15, -0.1) is 0 Å². The molecule has 1 fully saturated rings. The van der Waals surface area contributed by atoms with Crippen molar-refractivity contribution in [2.24, 2.45) is 0 Å². The molecule has 3 amide bonds. The van der Waals surface area contributed by atoms with Crippen LogP contribution in [-0.4, -0.2) is 34.9 Å². The highest BCUT2D eigenvalue weighted by atomic mass is 16.2. The number of amides is 3. The van der Waals surface area contributed by atoms with Gasteiger partial charge in [-0.2, -0.15) is 0 Å². The number of carbonyl (C=O) groups is 4. The maximum Gasteiger partial charge on any atom is 0.255 e. The molecule has 1 aromatic rings. The third-order valence-electron chi connectivity index (χ3n) is 3.80. The standard InChI is InChI=1S/C16H12N2O4/c19-7-1-2-10-3-4-12-11(8-10)9-18(16(12)22)13-5-6-14(20)17-15(13)21/h3-4,7-8,13H,5-6,9H2,(H,17,20,21). The predicted molar refractivity (Wildman–Crippen MR) is 75.4 cm³/mol. The van der Waals surface area contributed by atoms with Gasteiger partial charge in [0.25, 0.3) is 5.91 Å². The summed E-state index contributed by atoms with van der Waals surface area (Å²) in [5.74, 6) is 4.04. The Morgan fingerprint density at radius 3 is 2.82 bits per heavy atom. The second-order valence-corrected chi connectivity index (χ2v) is 5.16. The molecule has 0 bridgehead atoms. The Balaban J connectivity index is 1.86. The molecule has 1 saturated heterocycles. The molecule has 1 N–H and O–H groups in total. The van der Waals surface area contributed by atoms with Gasteiger partial charge in [-0.1, -0.05) is 5.92 Å². The number of fused-ring (bicyclic) bond motifs is 1.